The first kappa shape index (κ1) is 23.3. The number of carbonyl (C=O) groups excluding carboxylic acids is 1. The Morgan fingerprint density at radius 2 is 1.97 bits per heavy atom. The zero-order valence-electron chi connectivity index (χ0n) is 19.6. The molecule has 0 bridgehead atoms. The number of nitrogens with one attached hydrogen (secondary N) is 1. The van der Waals surface area contributed by atoms with Crippen LogP contribution in [0.15, 0.2) is 18.3 Å². The minimum atomic E-state index is -0.148. The average molecular weight is 471 g/mol. The summed E-state index contributed by atoms with van der Waals surface area (Å²) in [6, 6.07) is 4.06. The van der Waals surface area contributed by atoms with E-state index >= 15 is 0 Å². The van der Waals surface area contributed by atoms with Gasteiger partial charge in [0.1, 0.15) is 17.3 Å². The van der Waals surface area contributed by atoms with Gasteiger partial charge in [0.15, 0.2) is 5.82 Å². The van der Waals surface area contributed by atoms with Crippen LogP contribution in [0.2, 0.25) is 0 Å². The highest BCUT2D eigenvalue weighted by molar-refractivity contribution is 7.20. The topological polar surface area (TPSA) is 92.7 Å². The number of aryl methyl sites for hydroxylation is 1. The van der Waals surface area contributed by atoms with Gasteiger partial charge in [-0.3, -0.25) is 4.79 Å². The lowest BCUT2D eigenvalue weighted by Gasteiger charge is -2.34. The van der Waals surface area contributed by atoms with E-state index in [0.717, 1.165) is 55.1 Å². The van der Waals surface area contributed by atoms with E-state index in [1.807, 2.05) is 25.3 Å². The van der Waals surface area contributed by atoms with Crippen LogP contribution in [0.3, 0.4) is 0 Å². The number of amides is 1. The largest absolute Gasteiger partial charge is 0.480 e. The fourth-order valence-corrected chi connectivity index (χ4v) is 5.07. The first-order chi connectivity index (χ1) is 16.0. The summed E-state index contributed by atoms with van der Waals surface area (Å²) >= 11 is 1.33. The van der Waals surface area contributed by atoms with Crippen molar-refractivity contribution in [2.45, 2.75) is 27.0 Å². The van der Waals surface area contributed by atoms with E-state index in [2.05, 4.69) is 37.0 Å². The molecule has 1 amide bonds. The molecule has 0 spiro atoms. The molecular formula is C23H30N6O3S. The van der Waals surface area contributed by atoms with Crippen molar-refractivity contribution in [1.82, 2.24) is 25.2 Å². The van der Waals surface area contributed by atoms with Crippen LogP contribution < -0.4 is 15.0 Å². The number of piperazine rings is 1. The van der Waals surface area contributed by atoms with Crippen LogP contribution in [0, 0.1) is 6.92 Å². The maximum absolute atomic E-state index is 12.9. The molecule has 0 aromatic carbocycles. The number of rotatable bonds is 8. The van der Waals surface area contributed by atoms with Crippen LogP contribution in [0.5, 0.6) is 5.88 Å². The average Bonchev–Trinajstić information content (AvgIpc) is 3.19. The second kappa shape index (κ2) is 10.4. The van der Waals surface area contributed by atoms with Crippen molar-refractivity contribution in [3.05, 3.63) is 40.2 Å². The van der Waals surface area contributed by atoms with Crippen LogP contribution in [-0.2, 0) is 17.9 Å². The first-order valence-electron chi connectivity index (χ1n) is 11.1. The number of pyridine rings is 1. The van der Waals surface area contributed by atoms with Gasteiger partial charge in [0, 0.05) is 46.0 Å². The molecule has 10 heteroatoms. The number of hydrogen-bond acceptors (Lipinski definition) is 9. The fraction of sp³-hybridized carbons (Fsp3) is 0.478. The molecule has 0 radical (unpaired) electrons. The smallest absolute Gasteiger partial charge is 0.261 e. The van der Waals surface area contributed by atoms with Gasteiger partial charge >= 0.3 is 0 Å². The Hall–Kier alpha value is -2.82. The summed E-state index contributed by atoms with van der Waals surface area (Å²) in [4.78, 5) is 32.5. The first-order valence-corrected chi connectivity index (χ1v) is 11.9. The summed E-state index contributed by atoms with van der Waals surface area (Å²) in [6.45, 7) is 9.96. The lowest BCUT2D eigenvalue weighted by Crippen LogP contribution is -2.46. The van der Waals surface area contributed by atoms with Gasteiger partial charge in [-0.25, -0.2) is 9.97 Å². The molecule has 33 heavy (non-hydrogen) atoms. The molecule has 1 N–H and O–H groups in total. The number of likely N-dealkylation sites (N-methyl/N-ethyl adjacent to an activating group) is 1. The molecule has 4 rings (SSSR count). The minimum absolute atomic E-state index is 0.148. The van der Waals surface area contributed by atoms with Crippen molar-refractivity contribution in [3.8, 4) is 5.88 Å². The van der Waals surface area contributed by atoms with E-state index in [4.69, 9.17) is 9.47 Å². The van der Waals surface area contributed by atoms with Crippen molar-refractivity contribution in [3.63, 3.8) is 0 Å². The third-order valence-electron chi connectivity index (χ3n) is 5.88. The molecule has 0 atom stereocenters. The number of carbonyl (C=O) groups is 1. The molecule has 4 heterocycles. The van der Waals surface area contributed by atoms with Crippen molar-refractivity contribution in [1.29, 1.82) is 0 Å². The van der Waals surface area contributed by atoms with Crippen molar-refractivity contribution in [2.24, 2.45) is 0 Å². The van der Waals surface area contributed by atoms with Crippen LogP contribution in [0.25, 0.3) is 10.2 Å². The Balaban J connectivity index is 1.43. The zero-order valence-corrected chi connectivity index (χ0v) is 20.4. The van der Waals surface area contributed by atoms with E-state index in [9.17, 15) is 4.79 Å². The van der Waals surface area contributed by atoms with E-state index < -0.39 is 0 Å². The molecule has 1 fully saturated rings. The summed E-state index contributed by atoms with van der Waals surface area (Å²) in [5.74, 6) is 1.82. The summed E-state index contributed by atoms with van der Waals surface area (Å²) in [6.07, 6.45) is 1.84. The Morgan fingerprint density at radius 3 is 2.61 bits per heavy atom. The summed E-state index contributed by atoms with van der Waals surface area (Å²) < 4.78 is 10.6. The molecular weight excluding hydrogens is 440 g/mol. The zero-order chi connectivity index (χ0) is 23.4. The van der Waals surface area contributed by atoms with Crippen LogP contribution in [-0.4, -0.2) is 72.7 Å². The molecule has 1 aliphatic rings. The number of aromatic nitrogens is 3. The molecule has 1 aliphatic heterocycles. The van der Waals surface area contributed by atoms with E-state index in [1.54, 1.807) is 14.2 Å². The van der Waals surface area contributed by atoms with Crippen molar-refractivity contribution < 1.29 is 14.3 Å². The maximum Gasteiger partial charge on any atom is 0.261 e. The molecule has 0 aliphatic carbocycles. The highest BCUT2D eigenvalue weighted by Gasteiger charge is 2.21. The van der Waals surface area contributed by atoms with Crippen molar-refractivity contribution >= 4 is 33.3 Å². The molecule has 0 saturated carbocycles. The molecule has 3 aromatic rings. The van der Waals surface area contributed by atoms with Gasteiger partial charge in [-0.1, -0.05) is 13.0 Å². The monoisotopic (exact) mass is 470 g/mol. The predicted molar refractivity (Wildman–Crippen MR) is 129 cm³/mol. The molecule has 9 nitrogen and oxygen atoms in total. The van der Waals surface area contributed by atoms with E-state index in [0.29, 0.717) is 28.0 Å². The summed E-state index contributed by atoms with van der Waals surface area (Å²) in [7, 11) is 3.15. The lowest BCUT2D eigenvalue weighted by molar-refractivity contribution is 0.0954. The number of nitrogens with zero attached hydrogens (tertiary/aromatic N) is 5. The molecule has 1 saturated heterocycles. The van der Waals surface area contributed by atoms with Crippen LogP contribution in [0.1, 0.15) is 33.5 Å². The SMILES string of the molecule is CCN1CCN(c2ccc(CNC(=O)c3sc4nc(COC)nc(OC)c4c3C)cn2)CC1. The third kappa shape index (κ3) is 5.07. The predicted octanol–water partition coefficient (Wildman–Crippen LogP) is 2.62. The fourth-order valence-electron chi connectivity index (χ4n) is 3.97. The van der Waals surface area contributed by atoms with Crippen molar-refractivity contribution in [2.75, 3.05) is 51.8 Å². The van der Waals surface area contributed by atoms with Gasteiger partial charge < -0.3 is 24.6 Å². The highest BCUT2D eigenvalue weighted by Crippen LogP contribution is 2.35. The standard InChI is InChI=1S/C23H30N6O3S/c1-5-28-8-10-29(11-9-28)18-7-6-16(12-24-18)13-25-21(30)20-15(2)19-22(32-4)26-17(14-31-3)27-23(19)33-20/h6-7,12H,5,8-11,13-14H2,1-4H3,(H,25,30). The quantitative estimate of drug-likeness (QED) is 0.537. The highest BCUT2D eigenvalue weighted by atomic mass is 32.1. The molecule has 176 valence electrons. The maximum atomic E-state index is 12.9. The third-order valence-corrected chi connectivity index (χ3v) is 7.07. The van der Waals surface area contributed by atoms with Gasteiger partial charge in [-0.05, 0) is 30.7 Å². The second-order valence-electron chi connectivity index (χ2n) is 7.95. The Kier molecular flexibility index (Phi) is 7.36. The number of anilines is 1. The van der Waals surface area contributed by atoms with Crippen LogP contribution >= 0.6 is 11.3 Å². The second-order valence-corrected chi connectivity index (χ2v) is 8.95. The lowest BCUT2D eigenvalue weighted by atomic mass is 10.2. The molecule has 3 aromatic heterocycles. The Bertz CT molecular complexity index is 1110. The van der Waals surface area contributed by atoms with Crippen LogP contribution in [0.4, 0.5) is 5.82 Å². The number of thiophene rings is 1. The van der Waals surface area contributed by atoms with Gasteiger partial charge in [0.05, 0.1) is 17.4 Å². The number of fused-ring (bicyclic) bond motifs is 1. The normalized spacial score (nSPS) is 14.6. The van der Waals surface area contributed by atoms with Gasteiger partial charge in [-0.15, -0.1) is 11.3 Å². The van der Waals surface area contributed by atoms with Gasteiger partial charge in [0.25, 0.3) is 5.91 Å². The Labute approximate surface area is 197 Å². The summed E-state index contributed by atoms with van der Waals surface area (Å²) in [5.41, 5.74) is 1.77. The Morgan fingerprint density at radius 1 is 1.18 bits per heavy atom. The number of ether oxygens (including phenoxy) is 2. The number of methoxy groups -OCH3 is 2. The number of hydrogen-bond donors (Lipinski definition) is 1. The minimum Gasteiger partial charge on any atom is -0.480 e. The summed E-state index contributed by atoms with van der Waals surface area (Å²) in [5, 5.41) is 3.77. The van der Waals surface area contributed by atoms with E-state index in [1.165, 1.54) is 11.3 Å². The van der Waals surface area contributed by atoms with Gasteiger partial charge in [0.2, 0.25) is 5.88 Å². The molecule has 0 unspecified atom stereocenters. The van der Waals surface area contributed by atoms with E-state index in [-0.39, 0.29) is 12.5 Å². The van der Waals surface area contributed by atoms with Gasteiger partial charge in [-0.2, -0.15) is 4.98 Å².